The number of rotatable bonds is 4. The molecule has 0 amide bonds. The molecule has 0 atom stereocenters. The van der Waals surface area contributed by atoms with Gasteiger partial charge in [-0.15, -0.1) is 0 Å². The summed E-state index contributed by atoms with van der Waals surface area (Å²) in [6.07, 6.45) is -4.33. The molecule has 0 heterocycles. The predicted molar refractivity (Wildman–Crippen MR) is 53.1 cm³/mol. The molecular formula is C10H12F3NO2. The molecule has 6 heteroatoms. The molecule has 0 bridgehead atoms. The van der Waals surface area contributed by atoms with Crippen LogP contribution in [0.15, 0.2) is 18.2 Å². The number of hydrogen-bond donors (Lipinski definition) is 1. The average molecular weight is 235 g/mol. The first kappa shape index (κ1) is 12.6. The van der Waals surface area contributed by atoms with Gasteiger partial charge < -0.3 is 15.2 Å². The molecule has 0 aliphatic heterocycles. The van der Waals surface area contributed by atoms with E-state index in [0.29, 0.717) is 17.0 Å². The topological polar surface area (TPSA) is 44.5 Å². The summed E-state index contributed by atoms with van der Waals surface area (Å²) in [6.45, 7) is -1.47. The summed E-state index contributed by atoms with van der Waals surface area (Å²) in [5.74, 6) is 0.455. The standard InChI is InChI=1S/C10H12F3NO2/c1-15-9-3-2-8(14)4-7(9)5-16-6-10(11,12)13/h2-4H,5-6,14H2,1H3. The van der Waals surface area contributed by atoms with Crippen molar-refractivity contribution >= 4 is 5.69 Å². The largest absolute Gasteiger partial charge is 0.496 e. The Balaban J connectivity index is 2.62. The second kappa shape index (κ2) is 5.07. The van der Waals surface area contributed by atoms with Crippen LogP contribution in [-0.4, -0.2) is 19.9 Å². The van der Waals surface area contributed by atoms with E-state index in [1.165, 1.54) is 13.2 Å². The van der Waals surface area contributed by atoms with Crippen LogP contribution in [0.25, 0.3) is 0 Å². The van der Waals surface area contributed by atoms with Crippen LogP contribution in [0.1, 0.15) is 5.56 Å². The van der Waals surface area contributed by atoms with Gasteiger partial charge in [0.15, 0.2) is 0 Å². The van der Waals surface area contributed by atoms with E-state index in [-0.39, 0.29) is 6.61 Å². The van der Waals surface area contributed by atoms with Gasteiger partial charge in [0.25, 0.3) is 0 Å². The van der Waals surface area contributed by atoms with E-state index in [1.807, 2.05) is 0 Å². The lowest BCUT2D eigenvalue weighted by molar-refractivity contribution is -0.176. The Bertz CT molecular complexity index is 352. The molecule has 0 unspecified atom stereocenters. The van der Waals surface area contributed by atoms with Crippen molar-refractivity contribution in [2.24, 2.45) is 0 Å². The van der Waals surface area contributed by atoms with Crippen LogP contribution in [-0.2, 0) is 11.3 Å². The van der Waals surface area contributed by atoms with Crippen molar-refractivity contribution in [1.82, 2.24) is 0 Å². The number of ether oxygens (including phenoxy) is 2. The summed E-state index contributed by atoms with van der Waals surface area (Å²) >= 11 is 0. The molecular weight excluding hydrogens is 223 g/mol. The van der Waals surface area contributed by atoms with Crippen LogP contribution in [0.3, 0.4) is 0 Å². The molecule has 0 aromatic heterocycles. The van der Waals surface area contributed by atoms with Crippen molar-refractivity contribution < 1.29 is 22.6 Å². The summed E-state index contributed by atoms with van der Waals surface area (Å²) in [4.78, 5) is 0. The second-order valence-electron chi connectivity index (χ2n) is 3.18. The zero-order chi connectivity index (χ0) is 12.2. The number of benzene rings is 1. The van der Waals surface area contributed by atoms with Gasteiger partial charge in [-0.25, -0.2) is 0 Å². The maximum absolute atomic E-state index is 11.8. The minimum absolute atomic E-state index is 0.187. The molecule has 0 saturated carbocycles. The van der Waals surface area contributed by atoms with E-state index >= 15 is 0 Å². The van der Waals surface area contributed by atoms with Gasteiger partial charge in [-0.05, 0) is 18.2 Å². The van der Waals surface area contributed by atoms with Gasteiger partial charge in [-0.2, -0.15) is 13.2 Å². The van der Waals surface area contributed by atoms with E-state index in [1.54, 1.807) is 12.1 Å². The molecule has 2 N–H and O–H groups in total. The smallest absolute Gasteiger partial charge is 0.411 e. The fourth-order valence-corrected chi connectivity index (χ4v) is 1.19. The molecule has 0 fully saturated rings. The van der Waals surface area contributed by atoms with Gasteiger partial charge in [0, 0.05) is 11.3 Å². The molecule has 0 saturated heterocycles. The summed E-state index contributed by atoms with van der Waals surface area (Å²) in [5.41, 5.74) is 6.45. The van der Waals surface area contributed by atoms with Crippen molar-refractivity contribution in [2.75, 3.05) is 19.5 Å². The Kier molecular flexibility index (Phi) is 4.00. The number of methoxy groups -OCH3 is 1. The van der Waals surface area contributed by atoms with Crippen LogP contribution < -0.4 is 10.5 Å². The van der Waals surface area contributed by atoms with Crippen LogP contribution >= 0.6 is 0 Å². The third-order valence-corrected chi connectivity index (χ3v) is 1.83. The van der Waals surface area contributed by atoms with E-state index in [9.17, 15) is 13.2 Å². The minimum atomic E-state index is -4.33. The summed E-state index contributed by atoms with van der Waals surface area (Å²) < 4.78 is 45.0. The number of hydrogen-bond acceptors (Lipinski definition) is 3. The normalized spacial score (nSPS) is 11.5. The summed E-state index contributed by atoms with van der Waals surface area (Å²) in [5, 5.41) is 0. The Morgan fingerprint density at radius 3 is 2.56 bits per heavy atom. The maximum atomic E-state index is 11.8. The molecule has 0 aliphatic carbocycles. The highest BCUT2D eigenvalue weighted by Gasteiger charge is 2.27. The Morgan fingerprint density at radius 2 is 2.00 bits per heavy atom. The van der Waals surface area contributed by atoms with Gasteiger partial charge in [0.2, 0.25) is 0 Å². The van der Waals surface area contributed by atoms with E-state index in [2.05, 4.69) is 4.74 Å². The molecule has 16 heavy (non-hydrogen) atoms. The quantitative estimate of drug-likeness (QED) is 0.815. The molecule has 90 valence electrons. The molecule has 1 aromatic rings. The van der Waals surface area contributed by atoms with Gasteiger partial charge in [-0.3, -0.25) is 0 Å². The molecule has 0 aliphatic rings. The average Bonchev–Trinajstić information content (AvgIpc) is 2.16. The van der Waals surface area contributed by atoms with E-state index < -0.39 is 12.8 Å². The Morgan fingerprint density at radius 1 is 1.31 bits per heavy atom. The number of anilines is 1. The highest BCUT2D eigenvalue weighted by molar-refractivity contribution is 5.47. The first-order valence-electron chi connectivity index (χ1n) is 4.49. The van der Waals surface area contributed by atoms with Crippen LogP contribution in [0.2, 0.25) is 0 Å². The lowest BCUT2D eigenvalue weighted by Crippen LogP contribution is -2.16. The monoisotopic (exact) mass is 235 g/mol. The van der Waals surface area contributed by atoms with Crippen molar-refractivity contribution in [1.29, 1.82) is 0 Å². The fraction of sp³-hybridized carbons (Fsp3) is 0.400. The van der Waals surface area contributed by atoms with E-state index in [4.69, 9.17) is 10.5 Å². The first-order valence-corrected chi connectivity index (χ1v) is 4.49. The van der Waals surface area contributed by atoms with Crippen LogP contribution in [0.5, 0.6) is 5.75 Å². The molecule has 0 spiro atoms. The van der Waals surface area contributed by atoms with Crippen molar-refractivity contribution in [3.8, 4) is 5.75 Å². The SMILES string of the molecule is COc1ccc(N)cc1COCC(F)(F)F. The van der Waals surface area contributed by atoms with Crippen molar-refractivity contribution in [3.63, 3.8) is 0 Å². The zero-order valence-electron chi connectivity index (χ0n) is 8.67. The predicted octanol–water partition coefficient (Wildman–Crippen LogP) is 2.36. The minimum Gasteiger partial charge on any atom is -0.496 e. The van der Waals surface area contributed by atoms with E-state index in [0.717, 1.165) is 0 Å². The number of nitrogens with two attached hydrogens (primary N) is 1. The van der Waals surface area contributed by atoms with Crippen molar-refractivity contribution in [2.45, 2.75) is 12.8 Å². The maximum Gasteiger partial charge on any atom is 0.411 e. The van der Waals surface area contributed by atoms with Gasteiger partial charge >= 0.3 is 6.18 Å². The molecule has 1 rings (SSSR count). The summed E-state index contributed by atoms with van der Waals surface area (Å²) in [7, 11) is 1.43. The number of alkyl halides is 3. The highest BCUT2D eigenvalue weighted by atomic mass is 19.4. The van der Waals surface area contributed by atoms with Crippen LogP contribution in [0, 0.1) is 0 Å². The zero-order valence-corrected chi connectivity index (χ0v) is 8.67. The molecule has 3 nitrogen and oxygen atoms in total. The lowest BCUT2D eigenvalue weighted by Gasteiger charge is -2.11. The third kappa shape index (κ3) is 3.98. The first-order chi connectivity index (χ1) is 7.42. The van der Waals surface area contributed by atoms with Gasteiger partial charge in [0.05, 0.1) is 13.7 Å². The lowest BCUT2D eigenvalue weighted by atomic mass is 10.2. The fourth-order valence-electron chi connectivity index (χ4n) is 1.19. The number of nitrogen functional groups attached to an aromatic ring is 1. The van der Waals surface area contributed by atoms with Gasteiger partial charge in [-0.1, -0.05) is 0 Å². The van der Waals surface area contributed by atoms with Gasteiger partial charge in [0.1, 0.15) is 12.4 Å². The third-order valence-electron chi connectivity index (χ3n) is 1.83. The summed E-state index contributed by atoms with van der Waals surface area (Å²) in [6, 6.07) is 4.71. The van der Waals surface area contributed by atoms with Crippen LogP contribution in [0.4, 0.5) is 18.9 Å². The Hall–Kier alpha value is -1.43. The second-order valence-corrected chi connectivity index (χ2v) is 3.18. The Labute approximate surface area is 91.0 Å². The molecule has 1 aromatic carbocycles. The number of halogens is 3. The van der Waals surface area contributed by atoms with Crippen molar-refractivity contribution in [3.05, 3.63) is 23.8 Å². The highest BCUT2D eigenvalue weighted by Crippen LogP contribution is 2.23. The molecule has 0 radical (unpaired) electrons.